The van der Waals surface area contributed by atoms with Crippen LogP contribution in [0, 0.1) is 6.42 Å². The van der Waals surface area contributed by atoms with Gasteiger partial charge in [0.2, 0.25) is 0 Å². The molecular formula is C12H17O2. The summed E-state index contributed by atoms with van der Waals surface area (Å²) in [6, 6.07) is 0. The summed E-state index contributed by atoms with van der Waals surface area (Å²) >= 11 is 0. The van der Waals surface area contributed by atoms with E-state index in [-0.39, 0.29) is 0 Å². The van der Waals surface area contributed by atoms with Gasteiger partial charge in [0.1, 0.15) is 0 Å². The summed E-state index contributed by atoms with van der Waals surface area (Å²) in [5, 5.41) is 0. The van der Waals surface area contributed by atoms with Gasteiger partial charge >= 0.3 is 0 Å². The summed E-state index contributed by atoms with van der Waals surface area (Å²) in [4.78, 5) is 0. The molecule has 0 amide bonds. The van der Waals surface area contributed by atoms with Crippen LogP contribution in [0.5, 0.6) is 0 Å². The van der Waals surface area contributed by atoms with Crippen LogP contribution in [0.25, 0.3) is 0 Å². The molecule has 2 rings (SSSR count). The minimum Gasteiger partial charge on any atom is -0.493 e. The van der Waals surface area contributed by atoms with Gasteiger partial charge in [0, 0.05) is 0 Å². The van der Waals surface area contributed by atoms with Crippen molar-refractivity contribution in [1.82, 2.24) is 0 Å². The Bertz CT molecular complexity index is 247. The molecule has 0 saturated heterocycles. The second-order valence-corrected chi connectivity index (χ2v) is 3.80. The van der Waals surface area contributed by atoms with Gasteiger partial charge in [0.05, 0.1) is 13.2 Å². The van der Waals surface area contributed by atoms with E-state index in [0.29, 0.717) is 6.10 Å². The number of ether oxygens (including phenoxy) is 2. The van der Waals surface area contributed by atoms with E-state index < -0.39 is 0 Å². The fourth-order valence-corrected chi connectivity index (χ4v) is 2.00. The number of hydrogen-bond donors (Lipinski definition) is 0. The fraction of sp³-hybridized carbons (Fsp3) is 0.583. The van der Waals surface area contributed by atoms with Crippen molar-refractivity contribution in [3.63, 3.8) is 0 Å². The van der Waals surface area contributed by atoms with Crippen LogP contribution in [0.1, 0.15) is 32.1 Å². The van der Waals surface area contributed by atoms with Crippen molar-refractivity contribution in [1.29, 1.82) is 0 Å². The third-order valence-electron chi connectivity index (χ3n) is 2.77. The minimum absolute atomic E-state index is 0.409. The predicted octanol–water partition coefficient (Wildman–Crippen LogP) is 2.97. The van der Waals surface area contributed by atoms with Crippen LogP contribution < -0.4 is 0 Å². The second kappa shape index (κ2) is 4.54. The Morgan fingerprint density at radius 3 is 2.71 bits per heavy atom. The topological polar surface area (TPSA) is 18.5 Å². The van der Waals surface area contributed by atoms with E-state index in [4.69, 9.17) is 9.47 Å². The van der Waals surface area contributed by atoms with Crippen molar-refractivity contribution in [2.24, 2.45) is 0 Å². The van der Waals surface area contributed by atoms with Gasteiger partial charge in [0.15, 0.2) is 11.5 Å². The molecule has 1 fully saturated rings. The summed E-state index contributed by atoms with van der Waals surface area (Å²) in [6.45, 7) is 0. The maximum atomic E-state index is 5.89. The Morgan fingerprint density at radius 2 is 2.00 bits per heavy atom. The van der Waals surface area contributed by atoms with Crippen LogP contribution in [0.2, 0.25) is 0 Å². The van der Waals surface area contributed by atoms with Crippen molar-refractivity contribution in [3.05, 3.63) is 30.1 Å². The largest absolute Gasteiger partial charge is 0.493 e. The molecule has 77 valence electrons. The molecule has 0 atom stereocenters. The van der Waals surface area contributed by atoms with E-state index in [2.05, 4.69) is 12.5 Å². The molecule has 0 aliphatic heterocycles. The minimum atomic E-state index is 0.409. The zero-order valence-corrected chi connectivity index (χ0v) is 8.66. The maximum Gasteiger partial charge on any atom is 0.157 e. The van der Waals surface area contributed by atoms with E-state index in [0.717, 1.165) is 17.9 Å². The molecule has 0 aromatic carbocycles. The Balaban J connectivity index is 1.95. The Hall–Kier alpha value is -0.920. The molecule has 0 spiro atoms. The maximum absolute atomic E-state index is 5.89. The highest BCUT2D eigenvalue weighted by Gasteiger charge is 2.20. The van der Waals surface area contributed by atoms with Gasteiger partial charge in [-0.1, -0.05) is 0 Å². The molecular weight excluding hydrogens is 176 g/mol. The number of hydrogen-bond acceptors (Lipinski definition) is 2. The first kappa shape index (κ1) is 9.63. The zero-order chi connectivity index (χ0) is 9.80. The fourth-order valence-electron chi connectivity index (χ4n) is 2.00. The van der Waals surface area contributed by atoms with Crippen LogP contribution in [-0.2, 0) is 9.47 Å². The van der Waals surface area contributed by atoms with Gasteiger partial charge in [-0.3, -0.25) is 0 Å². The molecule has 14 heavy (non-hydrogen) atoms. The highest BCUT2D eigenvalue weighted by Crippen LogP contribution is 2.27. The second-order valence-electron chi connectivity index (χ2n) is 3.80. The summed E-state index contributed by atoms with van der Waals surface area (Å²) in [7, 11) is 1.70. The lowest BCUT2D eigenvalue weighted by molar-refractivity contribution is 0.105. The first-order chi connectivity index (χ1) is 6.90. The van der Waals surface area contributed by atoms with E-state index in [1.165, 1.54) is 25.7 Å². The summed E-state index contributed by atoms with van der Waals surface area (Å²) in [5.74, 6) is 1.80. The Labute approximate surface area is 85.6 Å². The standard InChI is InChI=1S/C12H17O2/c1-13-11-8-4-5-9-12(11)14-10-6-2-3-7-10/h5,8-10H,2-4,6-7H2,1H3. The van der Waals surface area contributed by atoms with Gasteiger partial charge in [-0.25, -0.2) is 0 Å². The first-order valence-corrected chi connectivity index (χ1v) is 5.35. The van der Waals surface area contributed by atoms with Gasteiger partial charge in [-0.05, 0) is 50.7 Å². The molecule has 0 heterocycles. The molecule has 1 saturated carbocycles. The molecule has 2 nitrogen and oxygen atoms in total. The van der Waals surface area contributed by atoms with Gasteiger partial charge in [-0.15, -0.1) is 0 Å². The van der Waals surface area contributed by atoms with Crippen LogP contribution in [0.4, 0.5) is 0 Å². The predicted molar refractivity (Wildman–Crippen MR) is 55.4 cm³/mol. The average Bonchev–Trinajstić information content (AvgIpc) is 2.71. The lowest BCUT2D eigenvalue weighted by atomic mass is 10.1. The van der Waals surface area contributed by atoms with Crippen molar-refractivity contribution in [3.8, 4) is 0 Å². The smallest absolute Gasteiger partial charge is 0.157 e. The molecule has 0 unspecified atom stereocenters. The van der Waals surface area contributed by atoms with E-state index >= 15 is 0 Å². The van der Waals surface area contributed by atoms with Gasteiger partial charge in [-0.2, -0.15) is 0 Å². The third kappa shape index (κ3) is 2.11. The van der Waals surface area contributed by atoms with E-state index in [9.17, 15) is 0 Å². The van der Waals surface area contributed by atoms with Gasteiger partial charge in [0.25, 0.3) is 0 Å². The number of methoxy groups -OCH3 is 1. The Kier molecular flexibility index (Phi) is 3.12. The summed E-state index contributed by atoms with van der Waals surface area (Å²) in [5.41, 5.74) is 0. The highest BCUT2D eigenvalue weighted by molar-refractivity contribution is 5.28. The molecule has 2 aliphatic carbocycles. The molecule has 2 heteroatoms. The van der Waals surface area contributed by atoms with E-state index in [1.807, 2.05) is 6.08 Å². The molecule has 0 aromatic rings. The first-order valence-electron chi connectivity index (χ1n) is 5.35. The Morgan fingerprint density at radius 1 is 1.21 bits per heavy atom. The monoisotopic (exact) mass is 193 g/mol. The molecule has 2 aliphatic rings. The van der Waals surface area contributed by atoms with Crippen molar-refractivity contribution in [2.45, 2.75) is 38.2 Å². The normalized spacial score (nSPS) is 22.9. The van der Waals surface area contributed by atoms with Crippen LogP contribution in [-0.4, -0.2) is 13.2 Å². The lowest BCUT2D eigenvalue weighted by Gasteiger charge is -2.19. The van der Waals surface area contributed by atoms with Crippen molar-refractivity contribution >= 4 is 0 Å². The number of allylic oxidation sites excluding steroid dienone is 2. The van der Waals surface area contributed by atoms with Gasteiger partial charge < -0.3 is 9.47 Å². The quantitative estimate of drug-likeness (QED) is 0.686. The van der Waals surface area contributed by atoms with Crippen LogP contribution in [0.3, 0.4) is 0 Å². The lowest BCUT2D eigenvalue weighted by Crippen LogP contribution is -2.11. The average molecular weight is 193 g/mol. The summed E-state index contributed by atoms with van der Waals surface area (Å²) in [6.07, 6.45) is 12.5. The third-order valence-corrected chi connectivity index (χ3v) is 2.77. The number of rotatable bonds is 3. The zero-order valence-electron chi connectivity index (χ0n) is 8.66. The van der Waals surface area contributed by atoms with Crippen molar-refractivity contribution in [2.75, 3.05) is 7.11 Å². The molecule has 0 aromatic heterocycles. The van der Waals surface area contributed by atoms with E-state index in [1.54, 1.807) is 7.11 Å². The van der Waals surface area contributed by atoms with Crippen LogP contribution >= 0.6 is 0 Å². The summed E-state index contributed by atoms with van der Waals surface area (Å²) < 4.78 is 11.2. The molecule has 1 radical (unpaired) electrons. The highest BCUT2D eigenvalue weighted by atomic mass is 16.5. The molecule has 0 bridgehead atoms. The van der Waals surface area contributed by atoms with Crippen LogP contribution in [0.15, 0.2) is 23.7 Å². The SMILES string of the molecule is COC1=CC[CH]C=C1OC1CCCC1. The molecule has 0 N–H and O–H groups in total. The van der Waals surface area contributed by atoms with Crippen molar-refractivity contribution < 1.29 is 9.47 Å².